The van der Waals surface area contributed by atoms with E-state index in [1.165, 1.54) is 11.9 Å². The van der Waals surface area contributed by atoms with Gasteiger partial charge in [0.1, 0.15) is 36.4 Å². The maximum absolute atomic E-state index is 12.1. The molecule has 2 aromatic carbocycles. The van der Waals surface area contributed by atoms with E-state index in [4.69, 9.17) is 14.2 Å². The van der Waals surface area contributed by atoms with Crippen molar-refractivity contribution in [1.29, 1.82) is 0 Å². The zero-order valence-electron chi connectivity index (χ0n) is 21.3. The van der Waals surface area contributed by atoms with E-state index in [-0.39, 0.29) is 11.4 Å². The molecule has 1 fully saturated rings. The lowest BCUT2D eigenvalue weighted by atomic mass is 9.74. The highest BCUT2D eigenvalue weighted by atomic mass is 16.6. The van der Waals surface area contributed by atoms with Gasteiger partial charge >= 0.3 is 5.97 Å². The van der Waals surface area contributed by atoms with Crippen LogP contribution >= 0.6 is 0 Å². The molecule has 36 heavy (non-hydrogen) atoms. The second-order valence-corrected chi connectivity index (χ2v) is 10.7. The summed E-state index contributed by atoms with van der Waals surface area (Å²) < 4.78 is 19.4. The van der Waals surface area contributed by atoms with Gasteiger partial charge in [-0.15, -0.1) is 0 Å². The van der Waals surface area contributed by atoms with Gasteiger partial charge in [-0.25, -0.2) is 9.67 Å². The third kappa shape index (κ3) is 5.54. The topological polar surface area (TPSA) is 78.7 Å². The van der Waals surface area contributed by atoms with E-state index in [2.05, 4.69) is 21.0 Å². The Morgan fingerprint density at radius 2 is 1.89 bits per heavy atom. The second kappa shape index (κ2) is 9.93. The molecular formula is C28H34N4O4. The number of carbonyl (C=O) groups excluding carboxylic acids is 1. The van der Waals surface area contributed by atoms with Gasteiger partial charge in [-0.1, -0.05) is 18.2 Å². The van der Waals surface area contributed by atoms with Crippen LogP contribution in [0.15, 0.2) is 55.1 Å². The fourth-order valence-corrected chi connectivity index (χ4v) is 4.96. The zero-order chi connectivity index (χ0) is 25.2. The largest absolute Gasteiger partial charge is 0.492 e. The first-order chi connectivity index (χ1) is 17.3. The molecule has 2 aliphatic heterocycles. The number of esters is 1. The number of aromatic nitrogens is 3. The number of ether oxygens (including phenoxy) is 3. The normalized spacial score (nSPS) is 17.0. The monoisotopic (exact) mass is 490 g/mol. The summed E-state index contributed by atoms with van der Waals surface area (Å²) in [7, 11) is 0. The number of benzene rings is 2. The summed E-state index contributed by atoms with van der Waals surface area (Å²) in [5, 5.41) is 4.15. The Hall–Kier alpha value is -3.39. The Balaban J connectivity index is 1.14. The maximum Gasteiger partial charge on any atom is 0.307 e. The van der Waals surface area contributed by atoms with Gasteiger partial charge in [-0.2, -0.15) is 5.10 Å². The quantitative estimate of drug-likeness (QED) is 0.457. The molecular weight excluding hydrogens is 456 g/mol. The van der Waals surface area contributed by atoms with Crippen molar-refractivity contribution in [1.82, 2.24) is 19.7 Å². The number of rotatable bonds is 7. The molecule has 1 saturated heterocycles. The summed E-state index contributed by atoms with van der Waals surface area (Å²) in [5.41, 5.74) is 2.94. The van der Waals surface area contributed by atoms with E-state index in [0.717, 1.165) is 55.2 Å². The molecule has 3 heterocycles. The highest BCUT2D eigenvalue weighted by Crippen LogP contribution is 2.46. The van der Waals surface area contributed by atoms with E-state index < -0.39 is 5.60 Å². The van der Waals surface area contributed by atoms with Crippen molar-refractivity contribution >= 4 is 5.97 Å². The first-order valence-corrected chi connectivity index (χ1v) is 12.6. The van der Waals surface area contributed by atoms with Gasteiger partial charge in [0.2, 0.25) is 0 Å². The third-order valence-electron chi connectivity index (χ3n) is 6.92. The van der Waals surface area contributed by atoms with Crippen molar-refractivity contribution in [3.05, 3.63) is 66.2 Å². The highest BCUT2D eigenvalue weighted by molar-refractivity contribution is 5.70. The molecule has 3 aromatic rings. The molecule has 0 unspecified atom stereocenters. The molecule has 0 radical (unpaired) electrons. The first kappa shape index (κ1) is 24.3. The van der Waals surface area contributed by atoms with Crippen molar-refractivity contribution in [3.8, 4) is 17.2 Å². The number of hydrogen-bond acceptors (Lipinski definition) is 7. The fourth-order valence-electron chi connectivity index (χ4n) is 4.96. The number of fused-ring (bicyclic) bond motifs is 2. The highest BCUT2D eigenvalue weighted by Gasteiger charge is 2.43. The van der Waals surface area contributed by atoms with Crippen molar-refractivity contribution in [2.75, 3.05) is 26.2 Å². The van der Waals surface area contributed by atoms with E-state index in [0.29, 0.717) is 19.6 Å². The summed E-state index contributed by atoms with van der Waals surface area (Å²) in [6, 6.07) is 14.3. The summed E-state index contributed by atoms with van der Waals surface area (Å²) >= 11 is 0. The Morgan fingerprint density at radius 1 is 1.11 bits per heavy atom. The molecule has 2 aliphatic rings. The van der Waals surface area contributed by atoms with E-state index in [1.807, 2.05) is 57.2 Å². The third-order valence-corrected chi connectivity index (χ3v) is 6.92. The van der Waals surface area contributed by atoms with Gasteiger partial charge in [-0.3, -0.25) is 4.79 Å². The van der Waals surface area contributed by atoms with Crippen molar-refractivity contribution < 1.29 is 19.0 Å². The van der Waals surface area contributed by atoms with Crippen molar-refractivity contribution in [3.63, 3.8) is 0 Å². The van der Waals surface area contributed by atoms with Gasteiger partial charge in [0.15, 0.2) is 0 Å². The smallest absolute Gasteiger partial charge is 0.307 e. The van der Waals surface area contributed by atoms with Crippen molar-refractivity contribution in [2.45, 2.75) is 57.7 Å². The van der Waals surface area contributed by atoms with Crippen LogP contribution in [0.5, 0.6) is 11.5 Å². The minimum absolute atomic E-state index is 0.0491. The van der Waals surface area contributed by atoms with E-state index in [9.17, 15) is 4.79 Å². The van der Waals surface area contributed by atoms with Crippen LogP contribution in [0.3, 0.4) is 0 Å². The lowest BCUT2D eigenvalue weighted by Crippen LogP contribution is -2.44. The van der Waals surface area contributed by atoms with Crippen molar-refractivity contribution in [2.24, 2.45) is 0 Å². The number of hydrogen-bond donors (Lipinski definition) is 0. The van der Waals surface area contributed by atoms with Gasteiger partial charge in [0.25, 0.3) is 0 Å². The predicted octanol–water partition coefficient (Wildman–Crippen LogP) is 4.30. The molecule has 1 spiro atoms. The second-order valence-electron chi connectivity index (χ2n) is 10.7. The van der Waals surface area contributed by atoms with Crippen LogP contribution in [-0.2, 0) is 21.6 Å². The van der Waals surface area contributed by atoms with Gasteiger partial charge < -0.3 is 19.1 Å². The summed E-state index contributed by atoms with van der Waals surface area (Å²) in [6.45, 7) is 9.55. The number of likely N-dealkylation sites (tertiary alicyclic amines) is 1. The van der Waals surface area contributed by atoms with E-state index in [1.54, 1.807) is 11.0 Å². The predicted molar refractivity (Wildman–Crippen MR) is 135 cm³/mol. The number of carbonyl (C=O) groups is 1. The summed E-state index contributed by atoms with van der Waals surface area (Å²) in [6.07, 6.45) is 5.67. The molecule has 8 nitrogen and oxygen atoms in total. The molecule has 0 amide bonds. The SMILES string of the molecule is CC(C)(C)OC(=O)CCN1CCC2(CC1)COc1cc(OCc3ccc(-n4cncn4)cc3)ccc12. The zero-order valence-corrected chi connectivity index (χ0v) is 21.3. The molecule has 0 atom stereocenters. The van der Waals surface area contributed by atoms with Gasteiger partial charge in [0, 0.05) is 23.6 Å². The minimum atomic E-state index is -0.431. The lowest BCUT2D eigenvalue weighted by molar-refractivity contribution is -0.155. The van der Waals surface area contributed by atoms with Crippen LogP contribution in [0, 0.1) is 0 Å². The fraction of sp³-hybridized carbons (Fsp3) is 0.464. The Morgan fingerprint density at radius 3 is 2.58 bits per heavy atom. The molecule has 0 saturated carbocycles. The van der Waals surface area contributed by atoms with Gasteiger partial charge in [0.05, 0.1) is 18.7 Å². The average Bonchev–Trinajstić information content (AvgIpc) is 3.51. The Bertz CT molecular complexity index is 1180. The summed E-state index contributed by atoms with van der Waals surface area (Å²) in [5.74, 6) is 1.60. The lowest BCUT2D eigenvalue weighted by Gasteiger charge is -2.38. The summed E-state index contributed by atoms with van der Waals surface area (Å²) in [4.78, 5) is 18.4. The molecule has 1 aromatic heterocycles. The van der Waals surface area contributed by atoms with Gasteiger partial charge in [-0.05, 0) is 70.5 Å². The standard InChI is InChI=1S/C28H34N4O4/c1-27(2,3)36-26(33)10-13-31-14-11-28(12-15-31)18-35-25-16-23(8-9-24(25)28)34-17-21-4-6-22(7-5-21)32-20-29-19-30-32/h4-9,16,19-20H,10-15,17-18H2,1-3H3. The molecule has 0 bridgehead atoms. The van der Waals surface area contributed by atoms with E-state index >= 15 is 0 Å². The van der Waals surface area contributed by atoms with Crippen LogP contribution in [0.4, 0.5) is 0 Å². The van der Waals surface area contributed by atoms with Crippen LogP contribution in [0.1, 0.15) is 51.2 Å². The van der Waals surface area contributed by atoms with Crippen LogP contribution in [0.25, 0.3) is 5.69 Å². The average molecular weight is 491 g/mol. The molecule has 0 N–H and O–H groups in total. The Labute approximate surface area is 212 Å². The molecule has 8 heteroatoms. The maximum atomic E-state index is 12.1. The van der Waals surface area contributed by atoms with Crippen LogP contribution in [-0.4, -0.2) is 57.5 Å². The number of nitrogens with zero attached hydrogens (tertiary/aromatic N) is 4. The number of piperidine rings is 1. The van der Waals surface area contributed by atoms with Crippen LogP contribution in [0.2, 0.25) is 0 Å². The Kier molecular flexibility index (Phi) is 6.71. The molecule has 190 valence electrons. The molecule has 5 rings (SSSR count). The van der Waals surface area contributed by atoms with Crippen LogP contribution < -0.4 is 9.47 Å². The first-order valence-electron chi connectivity index (χ1n) is 12.6. The minimum Gasteiger partial charge on any atom is -0.492 e. The molecule has 0 aliphatic carbocycles.